The van der Waals surface area contributed by atoms with Crippen LogP contribution in [0.25, 0.3) is 0 Å². The molecule has 0 unspecified atom stereocenters. The molecule has 1 aromatic heterocycles. The summed E-state index contributed by atoms with van der Waals surface area (Å²) in [6.45, 7) is 3.19. The van der Waals surface area contributed by atoms with Crippen molar-refractivity contribution >= 4 is 28.9 Å². The maximum atomic E-state index is 10.8. The molecule has 4 nitrogen and oxygen atoms in total. The van der Waals surface area contributed by atoms with Crippen molar-refractivity contribution in [3.63, 3.8) is 0 Å². The highest BCUT2D eigenvalue weighted by atomic mass is 35.5. The van der Waals surface area contributed by atoms with Crippen LogP contribution in [0.5, 0.6) is 5.75 Å². The molecule has 0 aliphatic rings. The summed E-state index contributed by atoms with van der Waals surface area (Å²) in [6.07, 6.45) is 0. The first-order chi connectivity index (χ1) is 7.16. The second-order valence-electron chi connectivity index (χ2n) is 2.59. The van der Waals surface area contributed by atoms with Crippen LogP contribution < -0.4 is 4.74 Å². The van der Waals surface area contributed by atoms with Crippen LogP contribution in [0.3, 0.4) is 0 Å². The van der Waals surface area contributed by atoms with Gasteiger partial charge >= 0.3 is 5.97 Å². The molecule has 6 heteroatoms. The molecule has 1 aromatic rings. The molecule has 0 aliphatic heterocycles. The highest BCUT2D eigenvalue weighted by Crippen LogP contribution is 2.34. The number of thiophene rings is 1. The summed E-state index contributed by atoms with van der Waals surface area (Å²) in [7, 11) is 0. The predicted octanol–water partition coefficient (Wildman–Crippen LogP) is 2.51. The normalized spacial score (nSPS) is 10.3. The Morgan fingerprint density at radius 1 is 1.60 bits per heavy atom. The van der Waals surface area contributed by atoms with Crippen molar-refractivity contribution in [3.8, 4) is 5.75 Å². The SMILES string of the molecule is CCOCCOc1c(Cl)csc1C(=O)O. The van der Waals surface area contributed by atoms with E-state index in [4.69, 9.17) is 26.2 Å². The second-order valence-corrected chi connectivity index (χ2v) is 3.88. The number of ether oxygens (including phenoxy) is 2. The summed E-state index contributed by atoms with van der Waals surface area (Å²) in [5.41, 5.74) is 0. The lowest BCUT2D eigenvalue weighted by Crippen LogP contribution is -2.08. The third-order valence-electron chi connectivity index (χ3n) is 1.58. The van der Waals surface area contributed by atoms with Gasteiger partial charge in [0.25, 0.3) is 0 Å². The van der Waals surface area contributed by atoms with Gasteiger partial charge in [-0.1, -0.05) is 11.6 Å². The Labute approximate surface area is 96.4 Å². The van der Waals surface area contributed by atoms with Gasteiger partial charge in [-0.2, -0.15) is 0 Å². The molecule has 0 aliphatic carbocycles. The molecule has 0 amide bonds. The Morgan fingerprint density at radius 3 is 2.93 bits per heavy atom. The van der Waals surface area contributed by atoms with Gasteiger partial charge in [0.15, 0.2) is 10.6 Å². The maximum absolute atomic E-state index is 10.8. The van der Waals surface area contributed by atoms with Crippen LogP contribution in [0, 0.1) is 0 Å². The third-order valence-corrected chi connectivity index (χ3v) is 2.94. The van der Waals surface area contributed by atoms with E-state index in [9.17, 15) is 4.79 Å². The van der Waals surface area contributed by atoms with Crippen LogP contribution in [0.4, 0.5) is 0 Å². The monoisotopic (exact) mass is 250 g/mol. The van der Waals surface area contributed by atoms with Crippen LogP contribution in [0.2, 0.25) is 5.02 Å². The molecular formula is C9H11ClO4S. The molecule has 1 rings (SSSR count). The van der Waals surface area contributed by atoms with Crippen molar-refractivity contribution in [1.29, 1.82) is 0 Å². The highest BCUT2D eigenvalue weighted by molar-refractivity contribution is 7.13. The number of carboxylic acid groups (broad SMARTS) is 1. The topological polar surface area (TPSA) is 55.8 Å². The van der Waals surface area contributed by atoms with Gasteiger partial charge in [-0.05, 0) is 6.92 Å². The molecule has 0 saturated heterocycles. The van der Waals surface area contributed by atoms with E-state index < -0.39 is 5.97 Å². The van der Waals surface area contributed by atoms with Crippen molar-refractivity contribution < 1.29 is 19.4 Å². The predicted molar refractivity (Wildman–Crippen MR) is 58.3 cm³/mol. The first-order valence-corrected chi connectivity index (χ1v) is 5.63. The van der Waals surface area contributed by atoms with E-state index in [1.54, 1.807) is 5.38 Å². The number of hydrogen-bond donors (Lipinski definition) is 1. The largest absolute Gasteiger partial charge is 0.488 e. The van der Waals surface area contributed by atoms with Crippen molar-refractivity contribution in [2.24, 2.45) is 0 Å². The molecule has 0 atom stereocenters. The summed E-state index contributed by atoms with van der Waals surface area (Å²) in [4.78, 5) is 10.9. The smallest absolute Gasteiger partial charge is 0.349 e. The molecule has 0 fully saturated rings. The van der Waals surface area contributed by atoms with E-state index in [0.717, 1.165) is 11.3 Å². The summed E-state index contributed by atoms with van der Waals surface area (Å²) >= 11 is 6.83. The Morgan fingerprint density at radius 2 is 2.33 bits per heavy atom. The molecule has 15 heavy (non-hydrogen) atoms. The molecule has 0 aromatic carbocycles. The van der Waals surface area contributed by atoms with Crippen LogP contribution in [-0.4, -0.2) is 30.9 Å². The summed E-state index contributed by atoms with van der Waals surface area (Å²) in [5.74, 6) is -0.799. The number of rotatable bonds is 6. The number of halogens is 1. The lowest BCUT2D eigenvalue weighted by atomic mass is 10.4. The molecule has 84 valence electrons. The zero-order valence-electron chi connectivity index (χ0n) is 8.16. The Kier molecular flexibility index (Phi) is 4.87. The van der Waals surface area contributed by atoms with Crippen LogP contribution >= 0.6 is 22.9 Å². The van der Waals surface area contributed by atoms with E-state index in [0.29, 0.717) is 24.8 Å². The number of hydrogen-bond acceptors (Lipinski definition) is 4. The van der Waals surface area contributed by atoms with Crippen LogP contribution in [-0.2, 0) is 4.74 Å². The zero-order chi connectivity index (χ0) is 11.3. The summed E-state index contributed by atoms with van der Waals surface area (Å²) < 4.78 is 10.3. The quantitative estimate of drug-likeness (QED) is 0.789. The van der Waals surface area contributed by atoms with Crippen molar-refractivity contribution in [1.82, 2.24) is 0 Å². The van der Waals surface area contributed by atoms with Gasteiger partial charge in [-0.15, -0.1) is 11.3 Å². The summed E-state index contributed by atoms with van der Waals surface area (Å²) in [5, 5.41) is 10.7. The van der Waals surface area contributed by atoms with E-state index in [1.165, 1.54) is 0 Å². The number of carbonyl (C=O) groups is 1. The van der Waals surface area contributed by atoms with Crippen molar-refractivity contribution in [2.75, 3.05) is 19.8 Å². The van der Waals surface area contributed by atoms with Gasteiger partial charge in [0.1, 0.15) is 6.61 Å². The standard InChI is InChI=1S/C9H11ClO4S/c1-2-13-3-4-14-7-6(10)5-15-8(7)9(11)12/h5H,2-4H2,1H3,(H,11,12). The van der Waals surface area contributed by atoms with Gasteiger partial charge in [0, 0.05) is 12.0 Å². The van der Waals surface area contributed by atoms with E-state index in [1.807, 2.05) is 6.92 Å². The minimum absolute atomic E-state index is 0.122. The van der Waals surface area contributed by atoms with Gasteiger partial charge in [-0.25, -0.2) is 4.79 Å². The molecule has 0 bridgehead atoms. The minimum atomic E-state index is -1.03. The van der Waals surface area contributed by atoms with Crippen LogP contribution in [0.1, 0.15) is 16.6 Å². The Balaban J connectivity index is 2.58. The van der Waals surface area contributed by atoms with E-state index in [2.05, 4.69) is 0 Å². The maximum Gasteiger partial charge on any atom is 0.349 e. The zero-order valence-corrected chi connectivity index (χ0v) is 9.73. The fraction of sp³-hybridized carbons (Fsp3) is 0.444. The number of aromatic carboxylic acids is 1. The first kappa shape index (κ1) is 12.3. The lowest BCUT2D eigenvalue weighted by Gasteiger charge is -2.05. The molecule has 0 radical (unpaired) electrons. The third kappa shape index (κ3) is 3.37. The lowest BCUT2D eigenvalue weighted by molar-refractivity contribution is 0.0693. The molecular weight excluding hydrogens is 240 g/mol. The van der Waals surface area contributed by atoms with Gasteiger partial charge < -0.3 is 14.6 Å². The van der Waals surface area contributed by atoms with E-state index in [-0.39, 0.29) is 10.6 Å². The van der Waals surface area contributed by atoms with Crippen LogP contribution in [0.15, 0.2) is 5.38 Å². The molecule has 0 spiro atoms. The first-order valence-electron chi connectivity index (χ1n) is 4.37. The van der Waals surface area contributed by atoms with Crippen molar-refractivity contribution in [2.45, 2.75) is 6.92 Å². The Hall–Kier alpha value is -0.780. The van der Waals surface area contributed by atoms with Gasteiger partial charge in [-0.3, -0.25) is 0 Å². The summed E-state index contributed by atoms with van der Waals surface area (Å²) in [6, 6.07) is 0. The highest BCUT2D eigenvalue weighted by Gasteiger charge is 2.17. The number of carboxylic acids is 1. The fourth-order valence-electron chi connectivity index (χ4n) is 0.955. The van der Waals surface area contributed by atoms with Gasteiger partial charge in [0.05, 0.1) is 11.6 Å². The molecule has 1 N–H and O–H groups in total. The van der Waals surface area contributed by atoms with Gasteiger partial charge in [0.2, 0.25) is 0 Å². The Bertz CT molecular complexity index is 337. The average molecular weight is 251 g/mol. The second kappa shape index (κ2) is 5.95. The molecule has 1 heterocycles. The minimum Gasteiger partial charge on any atom is -0.488 e. The average Bonchev–Trinajstić information content (AvgIpc) is 2.55. The molecule has 0 saturated carbocycles. The fourth-order valence-corrected chi connectivity index (χ4v) is 2.00. The van der Waals surface area contributed by atoms with E-state index >= 15 is 0 Å². The van der Waals surface area contributed by atoms with Crippen molar-refractivity contribution in [3.05, 3.63) is 15.3 Å².